The summed E-state index contributed by atoms with van der Waals surface area (Å²) in [6, 6.07) is 19.0. The number of rotatable bonds is 11. The van der Waals surface area contributed by atoms with Crippen molar-refractivity contribution in [2.75, 3.05) is 0 Å². The van der Waals surface area contributed by atoms with Crippen LogP contribution < -0.4 is 14.8 Å². The fourth-order valence-electron chi connectivity index (χ4n) is 5.38. The molecule has 3 aromatic carbocycles. The third kappa shape index (κ3) is 6.80. The fourth-order valence-corrected chi connectivity index (χ4v) is 5.61. The van der Waals surface area contributed by atoms with E-state index in [9.17, 15) is 19.6 Å². The Bertz CT molecular complexity index is 1690. The van der Waals surface area contributed by atoms with Gasteiger partial charge in [0.15, 0.2) is 0 Å². The SMILES string of the molecule is CC(C)[C@H](NCc1cc(Cl)c(O[C@H]2CCc3c(-c4ccccc4F)cccc32)cc1OCc1cncc(C#N)c1)C(=O)O. The molecule has 4 aromatic rings. The molecule has 1 heterocycles. The van der Waals surface area contributed by atoms with E-state index in [1.807, 2.05) is 38.1 Å². The van der Waals surface area contributed by atoms with Crippen molar-refractivity contribution in [1.82, 2.24) is 10.3 Å². The molecule has 220 valence electrons. The molecule has 2 atom stereocenters. The lowest BCUT2D eigenvalue weighted by atomic mass is 9.96. The lowest BCUT2D eigenvalue weighted by Crippen LogP contribution is -2.40. The molecule has 0 amide bonds. The summed E-state index contributed by atoms with van der Waals surface area (Å²) in [5.41, 5.74) is 5.20. The average Bonchev–Trinajstić information content (AvgIpc) is 3.40. The topological polar surface area (TPSA) is 104 Å². The summed E-state index contributed by atoms with van der Waals surface area (Å²) in [6.07, 6.45) is 4.21. The van der Waals surface area contributed by atoms with Gasteiger partial charge >= 0.3 is 5.97 Å². The Labute approximate surface area is 254 Å². The summed E-state index contributed by atoms with van der Waals surface area (Å²) in [5, 5.41) is 22.3. The molecule has 0 saturated heterocycles. The number of carbonyl (C=O) groups is 1. The quantitative estimate of drug-likeness (QED) is 0.187. The van der Waals surface area contributed by atoms with E-state index >= 15 is 0 Å². The van der Waals surface area contributed by atoms with Crippen LogP contribution in [0, 0.1) is 23.1 Å². The lowest BCUT2D eigenvalue weighted by Gasteiger charge is -2.21. The number of aromatic nitrogens is 1. The number of carboxylic acid groups (broad SMARTS) is 1. The Hall–Kier alpha value is -4.45. The number of nitrogens with one attached hydrogen (secondary N) is 1. The molecule has 2 N–H and O–H groups in total. The van der Waals surface area contributed by atoms with Crippen LogP contribution in [-0.4, -0.2) is 22.1 Å². The highest BCUT2D eigenvalue weighted by atomic mass is 35.5. The van der Waals surface area contributed by atoms with Gasteiger partial charge in [-0.15, -0.1) is 0 Å². The minimum atomic E-state index is -0.947. The molecule has 0 spiro atoms. The van der Waals surface area contributed by atoms with E-state index in [1.54, 1.807) is 36.5 Å². The van der Waals surface area contributed by atoms with Gasteiger partial charge in [0, 0.05) is 41.7 Å². The first kappa shape index (κ1) is 30.0. The van der Waals surface area contributed by atoms with E-state index in [1.165, 1.54) is 12.3 Å². The van der Waals surface area contributed by atoms with Crippen LogP contribution in [0.1, 0.15) is 54.2 Å². The molecule has 0 radical (unpaired) electrons. The monoisotopic (exact) mass is 599 g/mol. The zero-order chi connectivity index (χ0) is 30.5. The van der Waals surface area contributed by atoms with Crippen molar-refractivity contribution in [2.24, 2.45) is 5.92 Å². The van der Waals surface area contributed by atoms with Gasteiger partial charge in [-0.3, -0.25) is 15.1 Å². The van der Waals surface area contributed by atoms with Crippen LogP contribution in [0.2, 0.25) is 5.02 Å². The zero-order valence-electron chi connectivity index (χ0n) is 23.8. The fraction of sp³-hybridized carbons (Fsp3) is 0.265. The number of carboxylic acids is 1. The number of ether oxygens (including phenoxy) is 2. The van der Waals surface area contributed by atoms with Crippen molar-refractivity contribution in [1.29, 1.82) is 5.26 Å². The van der Waals surface area contributed by atoms with E-state index in [0.717, 1.165) is 23.1 Å². The molecule has 0 unspecified atom stereocenters. The summed E-state index contributed by atoms with van der Waals surface area (Å²) in [4.78, 5) is 15.9. The normalized spacial score (nSPS) is 14.7. The number of hydrogen-bond acceptors (Lipinski definition) is 6. The van der Waals surface area contributed by atoms with E-state index < -0.39 is 12.0 Å². The van der Waals surface area contributed by atoms with E-state index in [-0.39, 0.29) is 31.0 Å². The Morgan fingerprint density at radius 3 is 2.67 bits per heavy atom. The standard InChI is InChI=1S/C34H31ClFN3O4/c1-20(2)33(34(40)41)39-18-23-13-28(35)32(14-31(23)42-19-22-12-21(15-37)16-38-17-22)43-30-11-10-25-24(7-5-8-27(25)30)26-6-3-4-9-29(26)36/h3-9,12-14,16-17,20,30,33,39H,10-11,18-19H2,1-2H3,(H,40,41)/t30-,33-/m0/s1. The van der Waals surface area contributed by atoms with Crippen LogP contribution in [-0.2, 0) is 24.4 Å². The second-order valence-electron chi connectivity index (χ2n) is 10.8. The van der Waals surface area contributed by atoms with Crippen LogP contribution in [0.15, 0.2) is 73.1 Å². The third-order valence-corrected chi connectivity index (χ3v) is 7.82. The number of halogens is 2. The first-order valence-electron chi connectivity index (χ1n) is 14.0. The van der Waals surface area contributed by atoms with E-state index in [4.69, 9.17) is 21.1 Å². The number of fused-ring (bicyclic) bond motifs is 1. The molecular formula is C34H31ClFN3O4. The first-order chi connectivity index (χ1) is 20.7. The number of nitrogens with zero attached hydrogens (tertiary/aromatic N) is 2. The summed E-state index contributed by atoms with van der Waals surface area (Å²) in [7, 11) is 0. The number of hydrogen-bond donors (Lipinski definition) is 2. The Kier molecular flexibility index (Phi) is 9.24. The van der Waals surface area contributed by atoms with Gasteiger partial charge in [-0.25, -0.2) is 4.39 Å². The van der Waals surface area contributed by atoms with Crippen LogP contribution in [0.25, 0.3) is 11.1 Å². The van der Waals surface area contributed by atoms with Gasteiger partial charge in [0.25, 0.3) is 0 Å². The molecule has 7 nitrogen and oxygen atoms in total. The molecule has 0 saturated carbocycles. The van der Waals surface area contributed by atoms with Crippen molar-refractivity contribution < 1.29 is 23.8 Å². The maximum absolute atomic E-state index is 14.6. The summed E-state index contributed by atoms with van der Waals surface area (Å²) >= 11 is 6.73. The number of aliphatic carboxylic acids is 1. The lowest BCUT2D eigenvalue weighted by molar-refractivity contribution is -0.140. The van der Waals surface area contributed by atoms with Crippen LogP contribution in [0.5, 0.6) is 11.5 Å². The average molecular weight is 600 g/mol. The second kappa shape index (κ2) is 13.2. The van der Waals surface area contributed by atoms with Gasteiger partial charge in [-0.1, -0.05) is 61.8 Å². The molecule has 1 aliphatic carbocycles. The zero-order valence-corrected chi connectivity index (χ0v) is 24.6. The molecule has 0 bridgehead atoms. The largest absolute Gasteiger partial charge is 0.488 e. The number of pyridine rings is 1. The molecule has 43 heavy (non-hydrogen) atoms. The number of nitriles is 1. The van der Waals surface area contributed by atoms with Crippen LogP contribution in [0.3, 0.4) is 0 Å². The molecule has 9 heteroatoms. The molecule has 1 aromatic heterocycles. The van der Waals surface area contributed by atoms with Crippen molar-refractivity contribution in [3.05, 3.63) is 112 Å². The first-order valence-corrected chi connectivity index (χ1v) is 14.4. The summed E-state index contributed by atoms with van der Waals surface area (Å²) in [5.74, 6) is -0.487. The van der Waals surface area contributed by atoms with Crippen molar-refractivity contribution in [3.63, 3.8) is 0 Å². The second-order valence-corrected chi connectivity index (χ2v) is 11.2. The van der Waals surface area contributed by atoms with E-state index in [0.29, 0.717) is 45.2 Å². The Balaban J connectivity index is 1.43. The van der Waals surface area contributed by atoms with Gasteiger partial charge in [-0.05, 0) is 53.6 Å². The summed E-state index contributed by atoms with van der Waals surface area (Å²) < 4.78 is 27.3. The molecule has 0 fully saturated rings. The third-order valence-electron chi connectivity index (χ3n) is 7.53. The molecule has 0 aliphatic heterocycles. The predicted octanol–water partition coefficient (Wildman–Crippen LogP) is 7.26. The highest BCUT2D eigenvalue weighted by Crippen LogP contribution is 2.43. The molecule has 1 aliphatic rings. The van der Waals surface area contributed by atoms with Crippen molar-refractivity contribution in [2.45, 2.75) is 52.0 Å². The minimum Gasteiger partial charge on any atom is -0.488 e. The molecular weight excluding hydrogens is 569 g/mol. The smallest absolute Gasteiger partial charge is 0.320 e. The highest BCUT2D eigenvalue weighted by Gasteiger charge is 2.28. The van der Waals surface area contributed by atoms with Crippen molar-refractivity contribution in [3.8, 4) is 28.7 Å². The van der Waals surface area contributed by atoms with Crippen LogP contribution >= 0.6 is 11.6 Å². The van der Waals surface area contributed by atoms with Gasteiger partial charge in [0.1, 0.15) is 42.1 Å². The van der Waals surface area contributed by atoms with Gasteiger partial charge in [-0.2, -0.15) is 5.26 Å². The Morgan fingerprint density at radius 1 is 1.14 bits per heavy atom. The highest BCUT2D eigenvalue weighted by molar-refractivity contribution is 6.32. The maximum atomic E-state index is 14.6. The maximum Gasteiger partial charge on any atom is 0.320 e. The van der Waals surface area contributed by atoms with Crippen molar-refractivity contribution >= 4 is 17.6 Å². The summed E-state index contributed by atoms with van der Waals surface area (Å²) in [6.45, 7) is 3.99. The minimum absolute atomic E-state index is 0.126. The molecule has 5 rings (SSSR count). The van der Waals surface area contributed by atoms with Gasteiger partial charge in [0.2, 0.25) is 0 Å². The number of benzene rings is 3. The van der Waals surface area contributed by atoms with Crippen LogP contribution in [0.4, 0.5) is 4.39 Å². The van der Waals surface area contributed by atoms with Gasteiger partial charge in [0.05, 0.1) is 10.6 Å². The predicted molar refractivity (Wildman–Crippen MR) is 161 cm³/mol. The Morgan fingerprint density at radius 2 is 1.93 bits per heavy atom. The van der Waals surface area contributed by atoms with E-state index in [2.05, 4.69) is 16.4 Å². The van der Waals surface area contributed by atoms with Gasteiger partial charge < -0.3 is 14.6 Å².